The monoisotopic (exact) mass is 306 g/mol. The van der Waals surface area contributed by atoms with Crippen LogP contribution in [0.1, 0.15) is 0 Å². The second kappa shape index (κ2) is 5.35. The van der Waals surface area contributed by atoms with Crippen molar-refractivity contribution in [3.63, 3.8) is 0 Å². The molecule has 0 bridgehead atoms. The van der Waals surface area contributed by atoms with Gasteiger partial charge in [0.15, 0.2) is 5.78 Å². The lowest BCUT2D eigenvalue weighted by Gasteiger charge is -1.82. The highest BCUT2D eigenvalue weighted by Crippen LogP contribution is 2.13. The molecule has 10 heavy (non-hydrogen) atoms. The molecule has 0 radical (unpaired) electrons. The summed E-state index contributed by atoms with van der Waals surface area (Å²) in [6.45, 7) is 0. The van der Waals surface area contributed by atoms with Crippen LogP contribution in [0.5, 0.6) is 0 Å². The molecule has 0 unspecified atom stereocenters. The summed E-state index contributed by atoms with van der Waals surface area (Å²) in [5.74, 6) is -0.274. The summed E-state index contributed by atoms with van der Waals surface area (Å²) in [6.07, 6.45) is 2.40. The topological polar surface area (TPSA) is 17.1 Å². The Morgan fingerprint density at radius 2 is 1.40 bits per heavy atom. The first-order chi connectivity index (χ1) is 4.52. The van der Waals surface area contributed by atoms with E-state index < -0.39 is 0 Å². The van der Waals surface area contributed by atoms with Crippen molar-refractivity contribution >= 4 is 60.8 Å². The molecule has 0 atom stereocenters. The molecular formula is C5H2Br2Cl2O. The molecule has 0 saturated heterocycles. The summed E-state index contributed by atoms with van der Waals surface area (Å²) < 4.78 is 0.498. The van der Waals surface area contributed by atoms with Crippen LogP contribution in [-0.4, -0.2) is 5.78 Å². The molecule has 0 N–H and O–H groups in total. The normalized spacial score (nSPS) is 13.6. The van der Waals surface area contributed by atoms with E-state index in [1.807, 2.05) is 0 Å². The van der Waals surface area contributed by atoms with Gasteiger partial charge in [-0.15, -0.1) is 0 Å². The van der Waals surface area contributed by atoms with E-state index in [1.165, 1.54) is 12.2 Å². The largest absolute Gasteiger partial charge is 0.290 e. The zero-order valence-corrected chi connectivity index (χ0v) is 9.26. The number of rotatable bonds is 2. The van der Waals surface area contributed by atoms with Gasteiger partial charge in [-0.25, -0.2) is 0 Å². The SMILES string of the molecule is O=C(/C=C(\Cl)Br)/C=C(\Cl)Br. The van der Waals surface area contributed by atoms with Gasteiger partial charge >= 0.3 is 0 Å². The molecule has 0 saturated carbocycles. The third-order valence-corrected chi connectivity index (χ3v) is 1.18. The molecule has 0 aromatic carbocycles. The van der Waals surface area contributed by atoms with E-state index >= 15 is 0 Å². The average Bonchev–Trinajstić information content (AvgIpc) is 1.58. The second-order valence-corrected chi connectivity index (χ2v) is 4.71. The van der Waals surface area contributed by atoms with Crippen LogP contribution in [0.3, 0.4) is 0 Å². The Hall–Kier alpha value is 0.690. The van der Waals surface area contributed by atoms with E-state index in [-0.39, 0.29) is 13.7 Å². The van der Waals surface area contributed by atoms with Gasteiger partial charge in [0, 0.05) is 12.2 Å². The molecule has 0 aliphatic rings. The van der Waals surface area contributed by atoms with Crippen LogP contribution in [0.25, 0.3) is 0 Å². The fourth-order valence-corrected chi connectivity index (χ4v) is 0.923. The summed E-state index contributed by atoms with van der Waals surface area (Å²) in [5.41, 5.74) is 0. The number of allylic oxidation sites excluding steroid dienone is 2. The molecule has 1 nitrogen and oxygen atoms in total. The van der Waals surface area contributed by atoms with E-state index in [9.17, 15) is 4.79 Å². The minimum atomic E-state index is -0.274. The molecule has 0 heterocycles. The number of hydrogen-bond acceptors (Lipinski definition) is 1. The number of carbonyl (C=O) groups excluding carboxylic acids is 1. The lowest BCUT2D eigenvalue weighted by atomic mass is 10.4. The van der Waals surface area contributed by atoms with Gasteiger partial charge in [-0.05, 0) is 31.9 Å². The molecule has 0 aliphatic carbocycles. The van der Waals surface area contributed by atoms with Gasteiger partial charge in [0.1, 0.15) is 0 Å². The third kappa shape index (κ3) is 6.81. The summed E-state index contributed by atoms with van der Waals surface area (Å²) in [4.78, 5) is 10.7. The standard InChI is InChI=1S/C5H2Br2Cl2O/c6-4(8)1-3(10)2-5(7)9/h1-2H/b4-1-,5-2-. The fourth-order valence-electron chi connectivity index (χ4n) is 0.257. The maximum Gasteiger partial charge on any atom is 0.182 e. The van der Waals surface area contributed by atoms with Crippen molar-refractivity contribution in [3.05, 3.63) is 20.0 Å². The molecule has 56 valence electrons. The predicted octanol–water partition coefficient (Wildman–Crippen LogP) is 3.51. The Morgan fingerprint density at radius 1 is 1.10 bits per heavy atom. The lowest BCUT2D eigenvalue weighted by molar-refractivity contribution is -0.110. The molecular weight excluding hydrogens is 307 g/mol. The summed E-state index contributed by atoms with van der Waals surface area (Å²) in [7, 11) is 0. The first-order valence-electron chi connectivity index (χ1n) is 2.11. The van der Waals surface area contributed by atoms with Crippen molar-refractivity contribution in [2.24, 2.45) is 0 Å². The van der Waals surface area contributed by atoms with Crippen molar-refractivity contribution in [3.8, 4) is 0 Å². The number of ketones is 1. The minimum Gasteiger partial charge on any atom is -0.290 e. The Labute approximate surface area is 85.3 Å². The van der Waals surface area contributed by atoms with Gasteiger partial charge in [0.2, 0.25) is 0 Å². The van der Waals surface area contributed by atoms with Crippen LogP contribution in [0.15, 0.2) is 20.0 Å². The van der Waals surface area contributed by atoms with Crippen molar-refractivity contribution in [1.29, 1.82) is 0 Å². The zero-order valence-electron chi connectivity index (χ0n) is 4.57. The first-order valence-corrected chi connectivity index (χ1v) is 4.46. The highest BCUT2D eigenvalue weighted by Gasteiger charge is 1.93. The molecule has 0 aromatic heterocycles. The van der Waals surface area contributed by atoms with Gasteiger partial charge in [-0.3, -0.25) is 4.79 Å². The van der Waals surface area contributed by atoms with E-state index in [0.29, 0.717) is 0 Å². The molecule has 0 amide bonds. The van der Waals surface area contributed by atoms with E-state index in [1.54, 1.807) is 0 Å². The Bertz CT molecular complexity index is 170. The first kappa shape index (κ1) is 10.7. The van der Waals surface area contributed by atoms with Gasteiger partial charge in [-0.2, -0.15) is 0 Å². The van der Waals surface area contributed by atoms with Gasteiger partial charge in [-0.1, -0.05) is 23.2 Å². The molecule has 5 heteroatoms. The number of halogens is 4. The molecule has 0 fully saturated rings. The zero-order chi connectivity index (χ0) is 8.15. The van der Waals surface area contributed by atoms with Crippen molar-refractivity contribution in [2.75, 3.05) is 0 Å². The van der Waals surface area contributed by atoms with Gasteiger partial charge in [0.25, 0.3) is 0 Å². The van der Waals surface area contributed by atoms with Crippen LogP contribution < -0.4 is 0 Å². The number of carbonyl (C=O) groups is 1. The summed E-state index contributed by atoms with van der Waals surface area (Å²) >= 11 is 16.4. The highest BCUT2D eigenvalue weighted by molar-refractivity contribution is 9.12. The Balaban J connectivity index is 4.14. The van der Waals surface area contributed by atoms with Crippen LogP contribution in [0.2, 0.25) is 0 Å². The maximum atomic E-state index is 10.7. The molecule has 0 spiro atoms. The quantitative estimate of drug-likeness (QED) is 0.714. The van der Waals surface area contributed by atoms with Gasteiger partial charge < -0.3 is 0 Å². The smallest absolute Gasteiger partial charge is 0.182 e. The maximum absolute atomic E-state index is 10.7. The van der Waals surface area contributed by atoms with E-state index in [2.05, 4.69) is 31.9 Å². The van der Waals surface area contributed by atoms with Crippen molar-refractivity contribution in [1.82, 2.24) is 0 Å². The molecule has 0 aromatic rings. The molecule has 0 rings (SSSR count). The summed E-state index contributed by atoms with van der Waals surface area (Å²) in [5, 5.41) is 0. The predicted molar refractivity (Wildman–Crippen MR) is 50.7 cm³/mol. The van der Waals surface area contributed by atoms with E-state index in [0.717, 1.165) is 0 Å². The van der Waals surface area contributed by atoms with Crippen LogP contribution in [-0.2, 0) is 4.79 Å². The molecule has 0 aliphatic heterocycles. The average molecular weight is 309 g/mol. The lowest BCUT2D eigenvalue weighted by Crippen LogP contribution is -1.84. The third-order valence-electron chi connectivity index (χ3n) is 0.503. The number of hydrogen-bond donors (Lipinski definition) is 0. The second-order valence-electron chi connectivity index (χ2n) is 1.27. The Kier molecular flexibility index (Phi) is 5.72. The van der Waals surface area contributed by atoms with Gasteiger partial charge in [0.05, 0.1) is 7.88 Å². The van der Waals surface area contributed by atoms with Crippen LogP contribution in [0, 0.1) is 0 Å². The highest BCUT2D eigenvalue weighted by atomic mass is 79.9. The van der Waals surface area contributed by atoms with Crippen molar-refractivity contribution in [2.45, 2.75) is 0 Å². The van der Waals surface area contributed by atoms with E-state index in [4.69, 9.17) is 23.2 Å². The fraction of sp³-hybridized carbons (Fsp3) is 0. The van der Waals surface area contributed by atoms with Crippen LogP contribution >= 0.6 is 55.1 Å². The van der Waals surface area contributed by atoms with Crippen molar-refractivity contribution < 1.29 is 4.79 Å². The Morgan fingerprint density at radius 3 is 1.60 bits per heavy atom. The van der Waals surface area contributed by atoms with Crippen LogP contribution in [0.4, 0.5) is 0 Å². The minimum absolute atomic E-state index is 0.249. The summed E-state index contributed by atoms with van der Waals surface area (Å²) in [6, 6.07) is 0.